The Bertz CT molecular complexity index is 792. The van der Waals surface area contributed by atoms with Gasteiger partial charge in [0, 0.05) is 36.5 Å². The monoisotopic (exact) mass is 363 g/mol. The number of aliphatic hydroxyl groups is 1. The van der Waals surface area contributed by atoms with E-state index >= 15 is 0 Å². The highest BCUT2D eigenvalue weighted by Gasteiger charge is 2.54. The number of nitrogens with zero attached hydrogens (tertiary/aromatic N) is 3. The summed E-state index contributed by atoms with van der Waals surface area (Å²) in [4.78, 5) is 9.67. The number of aromatic nitrogens is 2. The number of rotatable bonds is 3. The maximum atomic E-state index is 12.6. The number of halogens is 3. The molecule has 2 aromatic heterocycles. The maximum absolute atomic E-state index is 12.6. The zero-order valence-corrected chi connectivity index (χ0v) is 14.4. The summed E-state index contributed by atoms with van der Waals surface area (Å²) >= 11 is 0. The Morgan fingerprint density at radius 3 is 2.50 bits per heavy atom. The maximum Gasteiger partial charge on any atom is 0.433 e. The molecular formula is C19H20F3N3O. The van der Waals surface area contributed by atoms with Gasteiger partial charge in [-0.15, -0.1) is 0 Å². The molecule has 7 heteroatoms. The number of hydrogen-bond donors (Lipinski definition) is 1. The second kappa shape index (κ2) is 5.94. The van der Waals surface area contributed by atoms with Gasteiger partial charge in [0.15, 0.2) is 0 Å². The van der Waals surface area contributed by atoms with Gasteiger partial charge in [-0.25, -0.2) is 4.98 Å². The molecule has 1 aliphatic heterocycles. The van der Waals surface area contributed by atoms with Crippen molar-refractivity contribution in [2.75, 3.05) is 18.0 Å². The van der Waals surface area contributed by atoms with E-state index in [0.29, 0.717) is 0 Å². The van der Waals surface area contributed by atoms with Crippen LogP contribution in [0.5, 0.6) is 0 Å². The highest BCUT2D eigenvalue weighted by atomic mass is 19.4. The van der Waals surface area contributed by atoms with Crippen molar-refractivity contribution >= 4 is 5.69 Å². The van der Waals surface area contributed by atoms with Gasteiger partial charge >= 0.3 is 6.18 Å². The molecule has 4 rings (SSSR count). The second-order valence-electron chi connectivity index (χ2n) is 7.60. The molecular weight excluding hydrogens is 343 g/mol. The van der Waals surface area contributed by atoms with Crippen molar-refractivity contribution in [3.8, 4) is 0 Å². The Kier molecular flexibility index (Phi) is 3.95. The van der Waals surface area contributed by atoms with E-state index in [4.69, 9.17) is 0 Å². The Balaban J connectivity index is 1.34. The van der Waals surface area contributed by atoms with E-state index < -0.39 is 18.0 Å². The van der Waals surface area contributed by atoms with Crippen LogP contribution in [0.15, 0.2) is 36.8 Å². The SMILES string of the molecule is Cc1ccncc1C(O)C1CC2(C1)CN(c1ccc(C(F)(F)F)nc1)C2. The van der Waals surface area contributed by atoms with Crippen LogP contribution in [-0.2, 0) is 6.18 Å². The van der Waals surface area contributed by atoms with Crippen molar-refractivity contribution in [1.82, 2.24) is 9.97 Å². The fourth-order valence-corrected chi connectivity index (χ4v) is 4.26. The molecule has 0 bridgehead atoms. The molecule has 1 saturated carbocycles. The number of hydrogen-bond acceptors (Lipinski definition) is 4. The number of pyridine rings is 2. The van der Waals surface area contributed by atoms with E-state index in [1.165, 1.54) is 12.3 Å². The normalized spacial score (nSPS) is 20.6. The zero-order chi connectivity index (χ0) is 18.5. The van der Waals surface area contributed by atoms with E-state index in [1.54, 1.807) is 12.4 Å². The van der Waals surface area contributed by atoms with Crippen molar-refractivity contribution in [3.05, 3.63) is 53.6 Å². The molecule has 0 amide bonds. The van der Waals surface area contributed by atoms with Crippen LogP contribution in [0, 0.1) is 18.3 Å². The molecule has 1 unspecified atom stereocenters. The topological polar surface area (TPSA) is 49.3 Å². The summed E-state index contributed by atoms with van der Waals surface area (Å²) in [6, 6.07) is 4.40. The molecule has 26 heavy (non-hydrogen) atoms. The van der Waals surface area contributed by atoms with Crippen LogP contribution in [0.4, 0.5) is 18.9 Å². The van der Waals surface area contributed by atoms with Crippen LogP contribution in [0.2, 0.25) is 0 Å². The van der Waals surface area contributed by atoms with Gasteiger partial charge in [0.05, 0.1) is 18.0 Å². The van der Waals surface area contributed by atoms with E-state index in [2.05, 4.69) is 9.97 Å². The number of aryl methyl sites for hydroxylation is 1. The quantitative estimate of drug-likeness (QED) is 0.902. The van der Waals surface area contributed by atoms with Crippen LogP contribution in [0.3, 0.4) is 0 Å². The molecule has 2 fully saturated rings. The lowest BCUT2D eigenvalue weighted by molar-refractivity contribution is -0.141. The third-order valence-corrected chi connectivity index (χ3v) is 5.69. The van der Waals surface area contributed by atoms with Gasteiger partial charge < -0.3 is 10.0 Å². The number of alkyl halides is 3. The van der Waals surface area contributed by atoms with E-state index in [1.807, 2.05) is 17.9 Å². The van der Waals surface area contributed by atoms with Gasteiger partial charge in [0.1, 0.15) is 5.69 Å². The first-order valence-electron chi connectivity index (χ1n) is 8.64. The predicted octanol–water partition coefficient (Wildman–Crippen LogP) is 3.75. The highest BCUT2D eigenvalue weighted by molar-refractivity contribution is 5.49. The van der Waals surface area contributed by atoms with Gasteiger partial charge in [-0.1, -0.05) is 0 Å². The van der Waals surface area contributed by atoms with Crippen LogP contribution >= 0.6 is 0 Å². The lowest BCUT2D eigenvalue weighted by Gasteiger charge is -2.60. The lowest BCUT2D eigenvalue weighted by Crippen LogP contribution is -2.63. The Morgan fingerprint density at radius 2 is 1.92 bits per heavy atom. The first kappa shape index (κ1) is 17.3. The number of aliphatic hydroxyl groups excluding tert-OH is 1. The third-order valence-electron chi connectivity index (χ3n) is 5.69. The zero-order valence-electron chi connectivity index (χ0n) is 14.4. The summed E-state index contributed by atoms with van der Waals surface area (Å²) in [5.74, 6) is 0.214. The average Bonchev–Trinajstić information content (AvgIpc) is 2.52. The van der Waals surface area contributed by atoms with Crippen LogP contribution < -0.4 is 4.90 Å². The third kappa shape index (κ3) is 2.94. The highest BCUT2D eigenvalue weighted by Crippen LogP contribution is 2.56. The van der Waals surface area contributed by atoms with Gasteiger partial charge in [-0.3, -0.25) is 4.98 Å². The summed E-state index contributed by atoms with van der Waals surface area (Å²) in [7, 11) is 0. The average molecular weight is 363 g/mol. The first-order chi connectivity index (χ1) is 12.3. The summed E-state index contributed by atoms with van der Waals surface area (Å²) in [6.45, 7) is 3.57. The summed E-state index contributed by atoms with van der Waals surface area (Å²) in [5, 5.41) is 10.6. The van der Waals surface area contributed by atoms with Gasteiger partial charge in [-0.2, -0.15) is 13.2 Å². The van der Waals surface area contributed by atoms with Crippen molar-refractivity contribution in [1.29, 1.82) is 0 Å². The van der Waals surface area contributed by atoms with Crippen LogP contribution in [-0.4, -0.2) is 28.2 Å². The Morgan fingerprint density at radius 1 is 1.19 bits per heavy atom. The molecule has 2 aliphatic rings. The van der Waals surface area contributed by atoms with E-state index in [0.717, 1.165) is 48.8 Å². The van der Waals surface area contributed by atoms with Gasteiger partial charge in [0.2, 0.25) is 0 Å². The fraction of sp³-hybridized carbons (Fsp3) is 0.474. The first-order valence-corrected chi connectivity index (χ1v) is 8.64. The van der Waals surface area contributed by atoms with Crippen LogP contribution in [0.25, 0.3) is 0 Å². The van der Waals surface area contributed by atoms with Crippen molar-refractivity contribution < 1.29 is 18.3 Å². The molecule has 138 valence electrons. The summed E-state index contributed by atoms with van der Waals surface area (Å²) in [6.07, 6.45) is 1.67. The molecule has 1 saturated heterocycles. The minimum atomic E-state index is -4.41. The van der Waals surface area contributed by atoms with Crippen molar-refractivity contribution in [3.63, 3.8) is 0 Å². The van der Waals surface area contributed by atoms with Crippen molar-refractivity contribution in [2.45, 2.75) is 32.0 Å². The van der Waals surface area contributed by atoms with Crippen LogP contribution in [0.1, 0.15) is 35.8 Å². The Labute approximate surface area is 149 Å². The molecule has 3 heterocycles. The van der Waals surface area contributed by atoms with Gasteiger partial charge in [-0.05, 0) is 49.4 Å². The minimum Gasteiger partial charge on any atom is -0.388 e. The molecule has 4 nitrogen and oxygen atoms in total. The Hall–Kier alpha value is -2.15. The smallest absolute Gasteiger partial charge is 0.388 e. The summed E-state index contributed by atoms with van der Waals surface area (Å²) in [5.41, 5.74) is 1.95. The van der Waals surface area contributed by atoms with Gasteiger partial charge in [0.25, 0.3) is 0 Å². The molecule has 0 radical (unpaired) electrons. The fourth-order valence-electron chi connectivity index (χ4n) is 4.26. The molecule has 1 spiro atoms. The van der Waals surface area contributed by atoms with Crippen molar-refractivity contribution in [2.24, 2.45) is 11.3 Å². The molecule has 1 N–H and O–H groups in total. The standard InChI is InChI=1S/C19H20F3N3O/c1-12-4-5-23-9-15(12)17(26)13-6-18(7-13)10-25(11-18)14-2-3-16(24-8-14)19(20,21)22/h2-5,8-9,13,17,26H,6-7,10-11H2,1H3. The van der Waals surface area contributed by atoms with E-state index in [9.17, 15) is 18.3 Å². The largest absolute Gasteiger partial charge is 0.433 e. The molecule has 0 aromatic carbocycles. The second-order valence-corrected chi connectivity index (χ2v) is 7.60. The predicted molar refractivity (Wildman–Crippen MR) is 90.5 cm³/mol. The number of anilines is 1. The molecule has 1 aliphatic carbocycles. The molecule has 1 atom stereocenters. The lowest BCUT2D eigenvalue weighted by atomic mass is 9.55. The molecule has 2 aromatic rings. The summed E-state index contributed by atoms with van der Waals surface area (Å²) < 4.78 is 37.8. The minimum absolute atomic E-state index is 0.171. The van der Waals surface area contributed by atoms with E-state index in [-0.39, 0.29) is 11.3 Å².